The van der Waals surface area contributed by atoms with Crippen LogP contribution in [0, 0.1) is 6.92 Å². The Hall–Kier alpha value is -1.06. The summed E-state index contributed by atoms with van der Waals surface area (Å²) >= 11 is 0. The molecule has 3 heteroatoms. The summed E-state index contributed by atoms with van der Waals surface area (Å²) in [6.45, 7) is 7.41. The lowest BCUT2D eigenvalue weighted by Gasteiger charge is -2.49. The summed E-state index contributed by atoms with van der Waals surface area (Å²) in [5.41, 5.74) is 1.64. The first-order valence-electron chi connectivity index (χ1n) is 8.44. The number of rotatable bonds is 4. The van der Waals surface area contributed by atoms with Crippen LogP contribution < -0.4 is 10.1 Å². The normalized spacial score (nSPS) is 22.3. The predicted molar refractivity (Wildman–Crippen MR) is 86.9 cm³/mol. The van der Waals surface area contributed by atoms with Gasteiger partial charge in [-0.2, -0.15) is 0 Å². The number of hydrogen-bond acceptors (Lipinski definition) is 3. The van der Waals surface area contributed by atoms with Gasteiger partial charge in [0.05, 0.1) is 0 Å². The van der Waals surface area contributed by atoms with Crippen molar-refractivity contribution in [2.24, 2.45) is 0 Å². The van der Waals surface area contributed by atoms with Crippen molar-refractivity contribution < 1.29 is 4.74 Å². The van der Waals surface area contributed by atoms with Crippen molar-refractivity contribution in [3.63, 3.8) is 0 Å². The molecule has 1 aliphatic carbocycles. The first-order chi connectivity index (χ1) is 10.3. The van der Waals surface area contributed by atoms with E-state index in [-0.39, 0.29) is 0 Å². The van der Waals surface area contributed by atoms with Crippen molar-refractivity contribution in [2.75, 3.05) is 32.8 Å². The zero-order valence-electron chi connectivity index (χ0n) is 13.2. The van der Waals surface area contributed by atoms with Crippen LogP contribution in [-0.4, -0.2) is 43.2 Å². The Morgan fingerprint density at radius 1 is 1.19 bits per heavy atom. The first-order valence-corrected chi connectivity index (χ1v) is 8.44. The van der Waals surface area contributed by atoms with Crippen LogP contribution in [0.4, 0.5) is 0 Å². The van der Waals surface area contributed by atoms with Crippen molar-refractivity contribution in [3.8, 4) is 5.75 Å². The average molecular weight is 288 g/mol. The van der Waals surface area contributed by atoms with E-state index in [1.54, 1.807) is 0 Å². The van der Waals surface area contributed by atoms with Crippen LogP contribution in [0.25, 0.3) is 0 Å². The molecule has 1 aliphatic heterocycles. The van der Waals surface area contributed by atoms with E-state index < -0.39 is 0 Å². The van der Waals surface area contributed by atoms with E-state index in [1.807, 2.05) is 0 Å². The van der Waals surface area contributed by atoms with E-state index in [2.05, 4.69) is 41.4 Å². The van der Waals surface area contributed by atoms with Gasteiger partial charge in [0.15, 0.2) is 0 Å². The van der Waals surface area contributed by atoms with Gasteiger partial charge in [-0.15, -0.1) is 0 Å². The highest BCUT2D eigenvalue weighted by molar-refractivity contribution is 5.31. The van der Waals surface area contributed by atoms with Gasteiger partial charge in [-0.3, -0.25) is 4.90 Å². The highest BCUT2D eigenvalue weighted by Crippen LogP contribution is 2.34. The lowest BCUT2D eigenvalue weighted by Crippen LogP contribution is -2.62. The summed E-state index contributed by atoms with van der Waals surface area (Å²) in [4.78, 5) is 2.70. The maximum Gasteiger partial charge on any atom is 0.122 e. The fourth-order valence-corrected chi connectivity index (χ4v) is 3.92. The van der Waals surface area contributed by atoms with Crippen LogP contribution in [0.15, 0.2) is 24.3 Å². The van der Waals surface area contributed by atoms with E-state index in [9.17, 15) is 0 Å². The van der Waals surface area contributed by atoms with Gasteiger partial charge in [0.1, 0.15) is 12.4 Å². The van der Waals surface area contributed by atoms with Gasteiger partial charge in [0.2, 0.25) is 0 Å². The molecule has 1 spiro atoms. The third kappa shape index (κ3) is 3.41. The van der Waals surface area contributed by atoms with Gasteiger partial charge < -0.3 is 10.1 Å². The molecule has 21 heavy (non-hydrogen) atoms. The minimum Gasteiger partial charge on any atom is -0.492 e. The molecule has 116 valence electrons. The van der Waals surface area contributed by atoms with Gasteiger partial charge in [-0.05, 0) is 31.4 Å². The molecule has 2 aliphatic rings. The topological polar surface area (TPSA) is 24.5 Å². The Labute approximate surface area is 128 Å². The zero-order chi connectivity index (χ0) is 14.5. The standard InChI is InChI=1S/C18H28N2O/c1-16-7-3-4-8-17(16)21-14-13-20-12-11-19-15-18(20)9-5-2-6-10-18/h3-4,7-8,19H,2,5-6,9-15H2,1H3. The number of piperazine rings is 1. The second-order valence-electron chi connectivity index (χ2n) is 6.56. The number of ether oxygens (including phenoxy) is 1. The van der Waals surface area contributed by atoms with E-state index >= 15 is 0 Å². The van der Waals surface area contributed by atoms with E-state index in [0.717, 1.165) is 38.5 Å². The molecule has 0 atom stereocenters. The molecule has 1 aromatic carbocycles. The lowest BCUT2D eigenvalue weighted by molar-refractivity contribution is 0.0182. The van der Waals surface area contributed by atoms with Crippen molar-refractivity contribution in [3.05, 3.63) is 29.8 Å². The van der Waals surface area contributed by atoms with Crippen LogP contribution in [0.2, 0.25) is 0 Å². The summed E-state index contributed by atoms with van der Waals surface area (Å²) in [7, 11) is 0. The molecule has 1 aromatic rings. The highest BCUT2D eigenvalue weighted by atomic mass is 16.5. The SMILES string of the molecule is Cc1ccccc1OCCN1CCNCC12CCCCC2. The Morgan fingerprint density at radius 2 is 2.00 bits per heavy atom. The van der Waals surface area contributed by atoms with Crippen molar-refractivity contribution in [2.45, 2.75) is 44.6 Å². The number of nitrogens with one attached hydrogen (secondary N) is 1. The number of hydrogen-bond donors (Lipinski definition) is 1. The molecule has 3 nitrogen and oxygen atoms in total. The molecule has 0 radical (unpaired) electrons. The van der Waals surface area contributed by atoms with Gasteiger partial charge in [-0.1, -0.05) is 37.5 Å². The number of aryl methyl sites for hydroxylation is 1. The lowest BCUT2D eigenvalue weighted by atomic mass is 9.79. The molecule has 0 amide bonds. The maximum atomic E-state index is 6.01. The Bertz CT molecular complexity index is 446. The monoisotopic (exact) mass is 288 g/mol. The summed E-state index contributed by atoms with van der Waals surface area (Å²) < 4.78 is 6.01. The minimum atomic E-state index is 0.408. The van der Waals surface area contributed by atoms with Crippen molar-refractivity contribution in [1.29, 1.82) is 0 Å². The molecule has 0 bridgehead atoms. The Balaban J connectivity index is 1.57. The Kier molecular flexibility index (Phi) is 4.81. The fraction of sp³-hybridized carbons (Fsp3) is 0.667. The fourth-order valence-electron chi connectivity index (χ4n) is 3.92. The average Bonchev–Trinajstić information content (AvgIpc) is 2.52. The van der Waals surface area contributed by atoms with Crippen molar-refractivity contribution >= 4 is 0 Å². The molecular formula is C18H28N2O. The first kappa shape index (κ1) is 14.9. The number of benzene rings is 1. The van der Waals surface area contributed by atoms with Crippen LogP contribution >= 0.6 is 0 Å². The molecule has 1 saturated heterocycles. The summed E-state index contributed by atoms with van der Waals surface area (Å²) in [6.07, 6.45) is 6.89. The second kappa shape index (κ2) is 6.80. The van der Waals surface area contributed by atoms with Gasteiger partial charge >= 0.3 is 0 Å². The molecule has 0 aromatic heterocycles. The maximum absolute atomic E-state index is 6.01. The molecule has 0 unspecified atom stereocenters. The summed E-state index contributed by atoms with van der Waals surface area (Å²) in [6, 6.07) is 8.30. The molecule has 1 heterocycles. The molecule has 3 rings (SSSR count). The minimum absolute atomic E-state index is 0.408. The largest absolute Gasteiger partial charge is 0.492 e. The number of nitrogens with zero attached hydrogens (tertiary/aromatic N) is 1. The van der Waals surface area contributed by atoms with Gasteiger partial charge in [-0.25, -0.2) is 0 Å². The van der Waals surface area contributed by atoms with Gasteiger partial charge in [0.25, 0.3) is 0 Å². The van der Waals surface area contributed by atoms with Crippen LogP contribution in [0.1, 0.15) is 37.7 Å². The molecule has 1 saturated carbocycles. The van der Waals surface area contributed by atoms with Crippen LogP contribution in [-0.2, 0) is 0 Å². The second-order valence-corrected chi connectivity index (χ2v) is 6.56. The smallest absolute Gasteiger partial charge is 0.122 e. The van der Waals surface area contributed by atoms with E-state index in [1.165, 1.54) is 37.7 Å². The highest BCUT2D eigenvalue weighted by Gasteiger charge is 2.39. The third-order valence-electron chi connectivity index (χ3n) is 5.18. The molecular weight excluding hydrogens is 260 g/mol. The number of para-hydroxylation sites is 1. The zero-order valence-corrected chi connectivity index (χ0v) is 13.2. The summed E-state index contributed by atoms with van der Waals surface area (Å²) in [5.74, 6) is 1.03. The third-order valence-corrected chi connectivity index (χ3v) is 5.18. The predicted octanol–water partition coefficient (Wildman–Crippen LogP) is 2.98. The van der Waals surface area contributed by atoms with E-state index in [4.69, 9.17) is 4.74 Å². The Morgan fingerprint density at radius 3 is 2.81 bits per heavy atom. The van der Waals surface area contributed by atoms with Crippen LogP contribution in [0.3, 0.4) is 0 Å². The van der Waals surface area contributed by atoms with Crippen LogP contribution in [0.5, 0.6) is 5.75 Å². The van der Waals surface area contributed by atoms with E-state index in [0.29, 0.717) is 5.54 Å². The molecule has 1 N–H and O–H groups in total. The van der Waals surface area contributed by atoms with Crippen molar-refractivity contribution in [1.82, 2.24) is 10.2 Å². The summed E-state index contributed by atoms with van der Waals surface area (Å²) in [5, 5.41) is 3.61. The van der Waals surface area contributed by atoms with Gasteiger partial charge in [0, 0.05) is 31.7 Å². The molecule has 2 fully saturated rings. The quantitative estimate of drug-likeness (QED) is 0.922.